The van der Waals surface area contributed by atoms with Gasteiger partial charge in [-0.2, -0.15) is 0 Å². The molecule has 0 N–H and O–H groups in total. The average Bonchev–Trinajstić information content (AvgIpc) is 2.90. The number of methoxy groups -OCH3 is 1. The first-order valence-electron chi connectivity index (χ1n) is 6.63. The summed E-state index contributed by atoms with van der Waals surface area (Å²) in [5.74, 6) is 0.00707. The highest BCUT2D eigenvalue weighted by Gasteiger charge is 2.45. The zero-order valence-electron chi connectivity index (χ0n) is 11.2. The summed E-state index contributed by atoms with van der Waals surface area (Å²) in [7, 11) is 1.68. The van der Waals surface area contributed by atoms with Crippen LogP contribution in [0.1, 0.15) is 23.5 Å². The second kappa shape index (κ2) is 5.63. The Kier molecular flexibility index (Phi) is 3.87. The van der Waals surface area contributed by atoms with Gasteiger partial charge in [-0.15, -0.1) is 0 Å². The first-order valence-corrected chi connectivity index (χ1v) is 7.01. The molecule has 1 aliphatic carbocycles. The molecule has 1 amide bonds. The number of carbonyl (C=O) groups is 1. The van der Waals surface area contributed by atoms with Crippen molar-refractivity contribution in [1.82, 2.24) is 14.9 Å². The molecule has 2 fully saturated rings. The van der Waals surface area contributed by atoms with Crippen LogP contribution < -0.4 is 0 Å². The molecular weight excluding hydrogens is 282 g/mol. The van der Waals surface area contributed by atoms with Crippen LogP contribution in [0.25, 0.3) is 0 Å². The molecule has 1 saturated heterocycles. The average molecular weight is 298 g/mol. The van der Waals surface area contributed by atoms with Crippen LogP contribution in [0.2, 0.25) is 5.02 Å². The highest BCUT2D eigenvalue weighted by Crippen LogP contribution is 2.32. The predicted molar refractivity (Wildman–Crippen MR) is 71.6 cm³/mol. The molecule has 7 heteroatoms. The highest BCUT2D eigenvalue weighted by molar-refractivity contribution is 6.30. The Morgan fingerprint density at radius 2 is 2.20 bits per heavy atom. The molecule has 2 aliphatic rings. The van der Waals surface area contributed by atoms with Gasteiger partial charge in [-0.1, -0.05) is 11.6 Å². The van der Waals surface area contributed by atoms with Gasteiger partial charge in [-0.05, 0) is 12.8 Å². The SMILES string of the molecule is CO[C@@H]1CC[C@H]2[C@H]1OCCN2C(=O)c1ncc(Cl)cn1. The lowest BCUT2D eigenvalue weighted by molar-refractivity contribution is -0.0948. The van der Waals surface area contributed by atoms with Crippen molar-refractivity contribution in [2.24, 2.45) is 0 Å². The second-order valence-corrected chi connectivity index (χ2v) is 5.41. The van der Waals surface area contributed by atoms with E-state index in [0.29, 0.717) is 18.2 Å². The third-order valence-corrected chi connectivity index (χ3v) is 4.11. The molecule has 1 aliphatic heterocycles. The van der Waals surface area contributed by atoms with E-state index < -0.39 is 0 Å². The molecule has 3 atom stereocenters. The number of aromatic nitrogens is 2. The Morgan fingerprint density at radius 3 is 2.90 bits per heavy atom. The summed E-state index contributed by atoms with van der Waals surface area (Å²) >= 11 is 5.74. The van der Waals surface area contributed by atoms with Crippen LogP contribution >= 0.6 is 11.6 Å². The molecule has 3 rings (SSSR count). The fourth-order valence-electron chi connectivity index (χ4n) is 2.97. The van der Waals surface area contributed by atoms with Gasteiger partial charge in [0, 0.05) is 26.0 Å². The van der Waals surface area contributed by atoms with Crippen LogP contribution in [0.3, 0.4) is 0 Å². The molecule has 6 nitrogen and oxygen atoms in total. The van der Waals surface area contributed by atoms with E-state index in [-0.39, 0.29) is 30.0 Å². The molecule has 1 aromatic heterocycles. The maximum absolute atomic E-state index is 12.5. The van der Waals surface area contributed by atoms with Crippen molar-refractivity contribution in [2.75, 3.05) is 20.3 Å². The number of fused-ring (bicyclic) bond motifs is 1. The van der Waals surface area contributed by atoms with E-state index in [1.807, 2.05) is 0 Å². The van der Waals surface area contributed by atoms with Gasteiger partial charge in [0.15, 0.2) is 0 Å². The number of carbonyl (C=O) groups excluding carboxylic acids is 1. The lowest BCUT2D eigenvalue weighted by atomic mass is 10.1. The van der Waals surface area contributed by atoms with Crippen LogP contribution in [0, 0.1) is 0 Å². The zero-order valence-corrected chi connectivity index (χ0v) is 11.9. The van der Waals surface area contributed by atoms with Gasteiger partial charge in [0.25, 0.3) is 5.91 Å². The minimum absolute atomic E-state index is 0.0421. The molecule has 1 aromatic rings. The fraction of sp³-hybridized carbons (Fsp3) is 0.615. The van der Waals surface area contributed by atoms with E-state index in [2.05, 4.69) is 9.97 Å². The van der Waals surface area contributed by atoms with E-state index in [9.17, 15) is 4.79 Å². The van der Waals surface area contributed by atoms with E-state index in [4.69, 9.17) is 21.1 Å². The van der Waals surface area contributed by atoms with Crippen LogP contribution in [-0.4, -0.2) is 59.3 Å². The van der Waals surface area contributed by atoms with Crippen LogP contribution in [-0.2, 0) is 9.47 Å². The first-order chi connectivity index (χ1) is 9.70. The van der Waals surface area contributed by atoms with Crippen molar-refractivity contribution < 1.29 is 14.3 Å². The van der Waals surface area contributed by atoms with E-state index in [1.165, 1.54) is 12.4 Å². The Labute approximate surface area is 122 Å². The van der Waals surface area contributed by atoms with E-state index in [1.54, 1.807) is 12.0 Å². The summed E-state index contributed by atoms with van der Waals surface area (Å²) in [5, 5.41) is 0.418. The van der Waals surface area contributed by atoms with Crippen molar-refractivity contribution >= 4 is 17.5 Å². The molecule has 0 unspecified atom stereocenters. The summed E-state index contributed by atoms with van der Waals surface area (Å²) in [4.78, 5) is 22.3. The van der Waals surface area contributed by atoms with Gasteiger partial charge in [-0.25, -0.2) is 9.97 Å². The number of amides is 1. The molecular formula is C13H16ClN3O3. The van der Waals surface area contributed by atoms with Crippen molar-refractivity contribution in [2.45, 2.75) is 31.1 Å². The van der Waals surface area contributed by atoms with Gasteiger partial charge in [0.05, 0.1) is 23.8 Å². The van der Waals surface area contributed by atoms with Crippen LogP contribution in [0.4, 0.5) is 0 Å². The van der Waals surface area contributed by atoms with Crippen LogP contribution in [0.15, 0.2) is 12.4 Å². The van der Waals surface area contributed by atoms with E-state index in [0.717, 1.165) is 12.8 Å². The molecule has 20 heavy (non-hydrogen) atoms. The second-order valence-electron chi connectivity index (χ2n) is 4.98. The molecule has 0 spiro atoms. The van der Waals surface area contributed by atoms with Gasteiger partial charge in [-0.3, -0.25) is 4.79 Å². The Hall–Kier alpha value is -1.24. The first kappa shape index (κ1) is 13.7. The largest absolute Gasteiger partial charge is 0.379 e. The quantitative estimate of drug-likeness (QED) is 0.819. The number of morpholine rings is 1. The van der Waals surface area contributed by atoms with Crippen molar-refractivity contribution in [3.63, 3.8) is 0 Å². The third kappa shape index (κ3) is 2.39. The van der Waals surface area contributed by atoms with E-state index >= 15 is 0 Å². The molecule has 1 saturated carbocycles. The Morgan fingerprint density at radius 1 is 1.45 bits per heavy atom. The van der Waals surface area contributed by atoms with Gasteiger partial charge in [0.1, 0.15) is 6.10 Å². The Balaban J connectivity index is 1.79. The predicted octanol–water partition coefficient (Wildman–Crippen LogP) is 1.15. The number of hydrogen-bond donors (Lipinski definition) is 0. The fourth-order valence-corrected chi connectivity index (χ4v) is 3.07. The van der Waals surface area contributed by atoms with Crippen LogP contribution in [0.5, 0.6) is 0 Å². The normalized spacial score (nSPS) is 29.3. The van der Waals surface area contributed by atoms with Gasteiger partial charge >= 0.3 is 0 Å². The van der Waals surface area contributed by atoms with Crippen molar-refractivity contribution in [3.05, 3.63) is 23.2 Å². The lowest BCUT2D eigenvalue weighted by Gasteiger charge is -2.38. The lowest BCUT2D eigenvalue weighted by Crippen LogP contribution is -2.54. The number of ether oxygens (including phenoxy) is 2. The maximum Gasteiger partial charge on any atom is 0.292 e. The summed E-state index contributed by atoms with van der Waals surface area (Å²) in [6.45, 7) is 1.07. The van der Waals surface area contributed by atoms with Gasteiger partial charge < -0.3 is 14.4 Å². The van der Waals surface area contributed by atoms with Gasteiger partial charge in [0.2, 0.25) is 5.82 Å². The molecule has 0 bridgehead atoms. The minimum Gasteiger partial charge on any atom is -0.379 e. The summed E-state index contributed by atoms with van der Waals surface area (Å²) in [5.41, 5.74) is 0. The third-order valence-electron chi connectivity index (χ3n) is 3.91. The van der Waals surface area contributed by atoms with Crippen molar-refractivity contribution in [3.8, 4) is 0 Å². The summed E-state index contributed by atoms with van der Waals surface area (Å²) in [6.07, 6.45) is 4.66. The number of halogens is 1. The molecule has 2 heterocycles. The minimum atomic E-state index is -0.170. The monoisotopic (exact) mass is 297 g/mol. The highest BCUT2D eigenvalue weighted by atomic mass is 35.5. The number of nitrogens with zero attached hydrogens (tertiary/aromatic N) is 3. The number of rotatable bonds is 2. The maximum atomic E-state index is 12.5. The molecule has 0 radical (unpaired) electrons. The summed E-state index contributed by atoms with van der Waals surface area (Å²) < 4.78 is 11.2. The Bertz CT molecular complexity index is 496. The smallest absolute Gasteiger partial charge is 0.292 e. The summed E-state index contributed by atoms with van der Waals surface area (Å²) in [6, 6.07) is 0.0421. The number of hydrogen-bond acceptors (Lipinski definition) is 5. The molecule has 108 valence electrons. The standard InChI is InChI=1S/C13H16ClN3O3/c1-19-10-3-2-9-11(10)20-5-4-17(9)13(18)12-15-6-8(14)7-16-12/h6-7,9-11H,2-5H2,1H3/t9-,10+,11+/m0/s1. The van der Waals surface area contributed by atoms with Crippen molar-refractivity contribution in [1.29, 1.82) is 0 Å². The topological polar surface area (TPSA) is 64.6 Å². The molecule has 0 aromatic carbocycles. The zero-order chi connectivity index (χ0) is 14.1.